The second-order valence-corrected chi connectivity index (χ2v) is 8.67. The summed E-state index contributed by atoms with van der Waals surface area (Å²) in [4.78, 5) is 15.5. The van der Waals surface area contributed by atoms with Crippen LogP contribution in [0, 0.1) is 20.8 Å². The van der Waals surface area contributed by atoms with E-state index in [4.69, 9.17) is 14.2 Å². The van der Waals surface area contributed by atoms with Crippen molar-refractivity contribution in [1.82, 2.24) is 4.90 Å². The van der Waals surface area contributed by atoms with Gasteiger partial charge in [0.25, 0.3) is 5.91 Å². The monoisotopic (exact) mass is 445 g/mol. The maximum absolute atomic E-state index is 13.5. The Labute approximate surface area is 195 Å². The highest BCUT2D eigenvalue weighted by molar-refractivity contribution is 5.94. The molecule has 0 spiro atoms. The summed E-state index contributed by atoms with van der Waals surface area (Å²) in [5.74, 6) is 2.16. The van der Waals surface area contributed by atoms with E-state index in [-0.39, 0.29) is 11.9 Å². The zero-order valence-corrected chi connectivity index (χ0v) is 20.0. The van der Waals surface area contributed by atoms with E-state index in [0.717, 1.165) is 40.0 Å². The standard InChI is InChI=1S/C28H31NO4/c1-18-6-8-21(9-7-18)28(30)29-11-10-22-15-26(31-4)27(32-5)16-24(22)25(29)17-33-23-13-19(2)12-20(3)14-23/h6-9,12-16,25H,10-11,17H2,1-5H3. The molecule has 5 nitrogen and oxygen atoms in total. The number of benzene rings is 3. The predicted molar refractivity (Wildman–Crippen MR) is 130 cm³/mol. The molecule has 0 aliphatic carbocycles. The molecule has 172 valence electrons. The van der Waals surface area contributed by atoms with Crippen LogP contribution in [-0.2, 0) is 6.42 Å². The highest BCUT2D eigenvalue weighted by Crippen LogP contribution is 2.39. The topological polar surface area (TPSA) is 48.0 Å². The third kappa shape index (κ3) is 4.82. The van der Waals surface area contributed by atoms with Gasteiger partial charge in [-0.1, -0.05) is 23.8 Å². The molecule has 0 saturated heterocycles. The fourth-order valence-electron chi connectivity index (χ4n) is 4.50. The molecule has 1 atom stereocenters. The molecule has 3 aromatic carbocycles. The Morgan fingerprint density at radius 2 is 1.52 bits per heavy atom. The van der Waals surface area contributed by atoms with Crippen LogP contribution in [0.3, 0.4) is 0 Å². The lowest BCUT2D eigenvalue weighted by Gasteiger charge is -2.37. The number of amides is 1. The van der Waals surface area contributed by atoms with E-state index in [9.17, 15) is 4.79 Å². The van der Waals surface area contributed by atoms with Crippen molar-refractivity contribution in [3.8, 4) is 17.2 Å². The summed E-state index contributed by atoms with van der Waals surface area (Å²) in [5.41, 5.74) is 6.28. The largest absolute Gasteiger partial charge is 0.493 e. The molecule has 0 bridgehead atoms. The van der Waals surface area contributed by atoms with E-state index >= 15 is 0 Å². The van der Waals surface area contributed by atoms with Crippen molar-refractivity contribution in [2.75, 3.05) is 27.4 Å². The minimum Gasteiger partial charge on any atom is -0.493 e. The van der Waals surface area contributed by atoms with Gasteiger partial charge in [0.05, 0.1) is 20.3 Å². The summed E-state index contributed by atoms with van der Waals surface area (Å²) >= 11 is 0. The number of carbonyl (C=O) groups excluding carboxylic acids is 1. The Morgan fingerprint density at radius 3 is 2.15 bits per heavy atom. The Morgan fingerprint density at radius 1 is 0.879 bits per heavy atom. The molecule has 0 radical (unpaired) electrons. The lowest BCUT2D eigenvalue weighted by atomic mass is 9.91. The van der Waals surface area contributed by atoms with Gasteiger partial charge in [-0.05, 0) is 85.8 Å². The molecule has 1 aliphatic heterocycles. The number of ether oxygens (including phenoxy) is 3. The maximum atomic E-state index is 13.5. The van der Waals surface area contributed by atoms with Crippen LogP contribution in [0.1, 0.15) is 44.2 Å². The van der Waals surface area contributed by atoms with Gasteiger partial charge in [-0.15, -0.1) is 0 Å². The lowest BCUT2D eigenvalue weighted by Crippen LogP contribution is -2.42. The summed E-state index contributed by atoms with van der Waals surface area (Å²) in [6, 6.07) is 17.7. The molecule has 5 heteroatoms. The minimum absolute atomic E-state index is 0.00413. The van der Waals surface area contributed by atoms with Crippen LogP contribution in [0.15, 0.2) is 54.6 Å². The lowest BCUT2D eigenvalue weighted by molar-refractivity contribution is 0.0589. The molecule has 0 fully saturated rings. The van der Waals surface area contributed by atoms with E-state index in [1.807, 2.05) is 60.4 Å². The smallest absolute Gasteiger partial charge is 0.254 e. The average Bonchev–Trinajstić information content (AvgIpc) is 2.80. The number of carbonyl (C=O) groups is 1. The summed E-state index contributed by atoms with van der Waals surface area (Å²) in [6.07, 6.45) is 0.743. The minimum atomic E-state index is -0.247. The van der Waals surface area contributed by atoms with Crippen molar-refractivity contribution in [1.29, 1.82) is 0 Å². The number of nitrogens with zero attached hydrogens (tertiary/aromatic N) is 1. The first-order valence-corrected chi connectivity index (χ1v) is 11.2. The van der Waals surface area contributed by atoms with Gasteiger partial charge in [0, 0.05) is 12.1 Å². The highest BCUT2D eigenvalue weighted by Gasteiger charge is 2.33. The van der Waals surface area contributed by atoms with Crippen LogP contribution in [-0.4, -0.2) is 38.2 Å². The predicted octanol–water partition coefficient (Wildman–Crippen LogP) is 5.45. The summed E-state index contributed by atoms with van der Waals surface area (Å²) < 4.78 is 17.3. The molecule has 1 heterocycles. The average molecular weight is 446 g/mol. The van der Waals surface area contributed by atoms with Gasteiger partial charge in [-0.3, -0.25) is 4.79 Å². The molecular weight excluding hydrogens is 414 g/mol. The molecule has 33 heavy (non-hydrogen) atoms. The SMILES string of the molecule is COc1cc2c(cc1OC)C(COc1cc(C)cc(C)c1)N(C(=O)c1ccc(C)cc1)CC2. The van der Waals surface area contributed by atoms with Crippen molar-refractivity contribution >= 4 is 5.91 Å². The number of rotatable bonds is 6. The van der Waals surface area contributed by atoms with Crippen LogP contribution >= 0.6 is 0 Å². The molecular formula is C28H31NO4. The van der Waals surface area contributed by atoms with Gasteiger partial charge < -0.3 is 19.1 Å². The van der Waals surface area contributed by atoms with Gasteiger partial charge >= 0.3 is 0 Å². The van der Waals surface area contributed by atoms with Crippen molar-refractivity contribution in [3.63, 3.8) is 0 Å². The molecule has 0 aromatic heterocycles. The van der Waals surface area contributed by atoms with E-state index in [2.05, 4.69) is 19.9 Å². The highest BCUT2D eigenvalue weighted by atomic mass is 16.5. The zero-order chi connectivity index (χ0) is 23.5. The first kappa shape index (κ1) is 22.7. The van der Waals surface area contributed by atoms with Crippen LogP contribution in [0.4, 0.5) is 0 Å². The van der Waals surface area contributed by atoms with Gasteiger partial charge in [0.15, 0.2) is 11.5 Å². The van der Waals surface area contributed by atoms with Crippen molar-refractivity contribution in [2.45, 2.75) is 33.2 Å². The maximum Gasteiger partial charge on any atom is 0.254 e. The molecule has 4 rings (SSSR count). The van der Waals surface area contributed by atoms with Crippen molar-refractivity contribution in [2.24, 2.45) is 0 Å². The third-order valence-corrected chi connectivity index (χ3v) is 6.17. The number of hydrogen-bond donors (Lipinski definition) is 0. The van der Waals surface area contributed by atoms with E-state index in [0.29, 0.717) is 30.2 Å². The number of methoxy groups -OCH3 is 2. The van der Waals surface area contributed by atoms with Crippen molar-refractivity contribution in [3.05, 3.63) is 88.0 Å². The van der Waals surface area contributed by atoms with E-state index in [1.165, 1.54) is 0 Å². The van der Waals surface area contributed by atoms with Gasteiger partial charge in [0.1, 0.15) is 12.4 Å². The molecule has 1 unspecified atom stereocenters. The number of hydrogen-bond acceptors (Lipinski definition) is 4. The molecule has 1 aliphatic rings. The Hall–Kier alpha value is -3.47. The van der Waals surface area contributed by atoms with Crippen LogP contribution in [0.2, 0.25) is 0 Å². The normalized spacial score (nSPS) is 15.1. The van der Waals surface area contributed by atoms with Crippen LogP contribution < -0.4 is 14.2 Å². The summed E-state index contributed by atoms with van der Waals surface area (Å²) in [5, 5.41) is 0. The number of aryl methyl sites for hydroxylation is 3. The molecule has 0 saturated carbocycles. The van der Waals surface area contributed by atoms with E-state index in [1.54, 1.807) is 14.2 Å². The van der Waals surface area contributed by atoms with Crippen LogP contribution in [0.25, 0.3) is 0 Å². The first-order chi connectivity index (χ1) is 15.9. The fourth-order valence-corrected chi connectivity index (χ4v) is 4.50. The quantitative estimate of drug-likeness (QED) is 0.506. The first-order valence-electron chi connectivity index (χ1n) is 11.2. The second kappa shape index (κ2) is 9.57. The Kier molecular flexibility index (Phi) is 6.59. The third-order valence-electron chi connectivity index (χ3n) is 6.17. The zero-order valence-electron chi connectivity index (χ0n) is 20.0. The Balaban J connectivity index is 1.71. The van der Waals surface area contributed by atoms with Crippen LogP contribution in [0.5, 0.6) is 17.2 Å². The van der Waals surface area contributed by atoms with E-state index < -0.39 is 0 Å². The second-order valence-electron chi connectivity index (χ2n) is 8.67. The van der Waals surface area contributed by atoms with Gasteiger partial charge in [0.2, 0.25) is 0 Å². The molecule has 0 N–H and O–H groups in total. The Bertz CT molecular complexity index is 1130. The van der Waals surface area contributed by atoms with Gasteiger partial charge in [-0.2, -0.15) is 0 Å². The van der Waals surface area contributed by atoms with Crippen molar-refractivity contribution < 1.29 is 19.0 Å². The molecule has 1 amide bonds. The van der Waals surface area contributed by atoms with Gasteiger partial charge in [-0.25, -0.2) is 0 Å². The summed E-state index contributed by atoms with van der Waals surface area (Å²) in [6.45, 7) is 7.09. The molecule has 3 aromatic rings. The number of fused-ring (bicyclic) bond motifs is 1. The summed E-state index contributed by atoms with van der Waals surface area (Å²) in [7, 11) is 3.27. The fraction of sp³-hybridized carbons (Fsp3) is 0.321.